The standard InChI is InChI=1S/C12H19N3O/c1-2-3-7-12(16)15-9-10(13)11-6-4-5-8-14-11/h4-6,8,10H,2-3,7,9,13H2,1H3,(H,15,16). The van der Waals surface area contributed by atoms with E-state index < -0.39 is 0 Å². The van der Waals surface area contributed by atoms with Crippen molar-refractivity contribution in [3.05, 3.63) is 30.1 Å². The first-order chi connectivity index (χ1) is 7.74. The van der Waals surface area contributed by atoms with Gasteiger partial charge in [-0.15, -0.1) is 0 Å². The SMILES string of the molecule is CCCCC(=O)NCC(N)c1ccccn1. The molecule has 1 atom stereocenters. The summed E-state index contributed by atoms with van der Waals surface area (Å²) in [7, 11) is 0. The Morgan fingerprint density at radius 1 is 1.56 bits per heavy atom. The van der Waals surface area contributed by atoms with E-state index in [0.717, 1.165) is 18.5 Å². The largest absolute Gasteiger partial charge is 0.354 e. The van der Waals surface area contributed by atoms with Crippen LogP contribution >= 0.6 is 0 Å². The number of carbonyl (C=O) groups is 1. The second kappa shape index (κ2) is 6.95. The molecule has 0 fully saturated rings. The molecule has 1 amide bonds. The molecule has 16 heavy (non-hydrogen) atoms. The number of amides is 1. The molecule has 4 heteroatoms. The Hall–Kier alpha value is -1.42. The van der Waals surface area contributed by atoms with Crippen LogP contribution in [0.4, 0.5) is 0 Å². The molecule has 0 saturated carbocycles. The Morgan fingerprint density at radius 2 is 2.38 bits per heavy atom. The predicted molar refractivity (Wildman–Crippen MR) is 63.7 cm³/mol. The zero-order valence-electron chi connectivity index (χ0n) is 9.65. The molecular weight excluding hydrogens is 202 g/mol. The van der Waals surface area contributed by atoms with Gasteiger partial charge in [0.2, 0.25) is 5.91 Å². The van der Waals surface area contributed by atoms with E-state index in [0.29, 0.717) is 13.0 Å². The Bertz CT molecular complexity index is 313. The van der Waals surface area contributed by atoms with Crippen LogP contribution < -0.4 is 11.1 Å². The summed E-state index contributed by atoms with van der Waals surface area (Å²) < 4.78 is 0. The van der Waals surface area contributed by atoms with E-state index >= 15 is 0 Å². The molecule has 0 saturated heterocycles. The maximum Gasteiger partial charge on any atom is 0.220 e. The normalized spacial score (nSPS) is 12.1. The molecule has 0 aliphatic heterocycles. The fourth-order valence-electron chi connectivity index (χ4n) is 1.35. The molecule has 0 aliphatic rings. The third kappa shape index (κ3) is 4.40. The lowest BCUT2D eigenvalue weighted by Crippen LogP contribution is -2.32. The van der Waals surface area contributed by atoms with Crippen molar-refractivity contribution in [2.45, 2.75) is 32.2 Å². The van der Waals surface area contributed by atoms with Crippen molar-refractivity contribution in [1.82, 2.24) is 10.3 Å². The number of pyridine rings is 1. The summed E-state index contributed by atoms with van der Waals surface area (Å²) in [5.74, 6) is 0.0632. The van der Waals surface area contributed by atoms with Gasteiger partial charge in [-0.25, -0.2) is 0 Å². The monoisotopic (exact) mass is 221 g/mol. The summed E-state index contributed by atoms with van der Waals surface area (Å²) in [5.41, 5.74) is 6.70. The van der Waals surface area contributed by atoms with Crippen LogP contribution in [0, 0.1) is 0 Å². The van der Waals surface area contributed by atoms with Gasteiger partial charge in [-0.05, 0) is 18.6 Å². The Balaban J connectivity index is 2.30. The number of nitrogens with one attached hydrogen (secondary N) is 1. The van der Waals surface area contributed by atoms with Gasteiger partial charge in [-0.3, -0.25) is 9.78 Å². The molecule has 1 aromatic rings. The van der Waals surface area contributed by atoms with Crippen LogP contribution in [0.2, 0.25) is 0 Å². The highest BCUT2D eigenvalue weighted by molar-refractivity contribution is 5.75. The first kappa shape index (κ1) is 12.6. The maximum absolute atomic E-state index is 11.4. The summed E-state index contributed by atoms with van der Waals surface area (Å²) in [5, 5.41) is 2.81. The Kier molecular flexibility index (Phi) is 5.50. The molecule has 0 aromatic carbocycles. The number of nitrogens with two attached hydrogens (primary N) is 1. The molecule has 1 unspecified atom stereocenters. The molecule has 1 rings (SSSR count). The van der Waals surface area contributed by atoms with Crippen molar-refractivity contribution in [3.8, 4) is 0 Å². The van der Waals surface area contributed by atoms with Gasteiger partial charge in [0.15, 0.2) is 0 Å². The van der Waals surface area contributed by atoms with Gasteiger partial charge in [-0.1, -0.05) is 19.4 Å². The highest BCUT2D eigenvalue weighted by Gasteiger charge is 2.08. The maximum atomic E-state index is 11.4. The number of aromatic nitrogens is 1. The highest BCUT2D eigenvalue weighted by atomic mass is 16.1. The zero-order valence-corrected chi connectivity index (χ0v) is 9.65. The van der Waals surface area contributed by atoms with E-state index in [2.05, 4.69) is 17.2 Å². The quantitative estimate of drug-likeness (QED) is 0.762. The van der Waals surface area contributed by atoms with Crippen LogP contribution in [-0.4, -0.2) is 17.4 Å². The lowest BCUT2D eigenvalue weighted by atomic mass is 10.2. The highest BCUT2D eigenvalue weighted by Crippen LogP contribution is 2.04. The third-order valence-corrected chi connectivity index (χ3v) is 2.34. The minimum Gasteiger partial charge on any atom is -0.354 e. The number of nitrogens with zero attached hydrogens (tertiary/aromatic N) is 1. The summed E-state index contributed by atoms with van der Waals surface area (Å²) in [4.78, 5) is 15.5. The van der Waals surface area contributed by atoms with Gasteiger partial charge < -0.3 is 11.1 Å². The van der Waals surface area contributed by atoms with Crippen molar-refractivity contribution in [2.75, 3.05) is 6.54 Å². The number of hydrogen-bond acceptors (Lipinski definition) is 3. The van der Waals surface area contributed by atoms with Crippen LogP contribution in [0.3, 0.4) is 0 Å². The zero-order chi connectivity index (χ0) is 11.8. The molecule has 4 nitrogen and oxygen atoms in total. The number of rotatable bonds is 6. The third-order valence-electron chi connectivity index (χ3n) is 2.34. The molecule has 88 valence electrons. The second-order valence-electron chi connectivity index (χ2n) is 3.77. The number of hydrogen-bond donors (Lipinski definition) is 2. The second-order valence-corrected chi connectivity index (χ2v) is 3.77. The van der Waals surface area contributed by atoms with Gasteiger partial charge in [-0.2, -0.15) is 0 Å². The van der Waals surface area contributed by atoms with Crippen molar-refractivity contribution < 1.29 is 4.79 Å². The fourth-order valence-corrected chi connectivity index (χ4v) is 1.35. The van der Waals surface area contributed by atoms with Gasteiger partial charge in [0, 0.05) is 19.2 Å². The van der Waals surface area contributed by atoms with Crippen molar-refractivity contribution >= 4 is 5.91 Å². The van der Waals surface area contributed by atoms with E-state index in [1.54, 1.807) is 6.20 Å². The summed E-state index contributed by atoms with van der Waals surface area (Å²) in [6.07, 6.45) is 4.23. The van der Waals surface area contributed by atoms with Crippen LogP contribution in [0.1, 0.15) is 37.9 Å². The van der Waals surface area contributed by atoms with Gasteiger partial charge in [0.1, 0.15) is 0 Å². The van der Waals surface area contributed by atoms with Crippen LogP contribution in [-0.2, 0) is 4.79 Å². The summed E-state index contributed by atoms with van der Waals surface area (Å²) in [6, 6.07) is 5.37. The first-order valence-corrected chi connectivity index (χ1v) is 5.67. The minimum absolute atomic E-state index is 0.0632. The van der Waals surface area contributed by atoms with E-state index in [1.165, 1.54) is 0 Å². The van der Waals surface area contributed by atoms with Crippen LogP contribution in [0.15, 0.2) is 24.4 Å². The molecule has 1 heterocycles. The van der Waals surface area contributed by atoms with E-state index in [4.69, 9.17) is 5.73 Å². The number of unbranched alkanes of at least 4 members (excludes halogenated alkanes) is 1. The van der Waals surface area contributed by atoms with Crippen LogP contribution in [0.25, 0.3) is 0 Å². The lowest BCUT2D eigenvalue weighted by molar-refractivity contribution is -0.121. The van der Waals surface area contributed by atoms with E-state index in [1.807, 2.05) is 18.2 Å². The average molecular weight is 221 g/mol. The predicted octanol–water partition coefficient (Wildman–Crippen LogP) is 1.39. The molecule has 1 aromatic heterocycles. The van der Waals surface area contributed by atoms with Crippen molar-refractivity contribution in [3.63, 3.8) is 0 Å². The smallest absolute Gasteiger partial charge is 0.220 e. The van der Waals surface area contributed by atoms with Crippen molar-refractivity contribution in [2.24, 2.45) is 5.73 Å². The van der Waals surface area contributed by atoms with Crippen molar-refractivity contribution in [1.29, 1.82) is 0 Å². The molecule has 0 radical (unpaired) electrons. The van der Waals surface area contributed by atoms with Gasteiger partial charge >= 0.3 is 0 Å². The molecule has 0 bridgehead atoms. The van der Waals surface area contributed by atoms with Gasteiger partial charge in [0.25, 0.3) is 0 Å². The summed E-state index contributed by atoms with van der Waals surface area (Å²) in [6.45, 7) is 2.51. The van der Waals surface area contributed by atoms with Gasteiger partial charge in [0.05, 0.1) is 11.7 Å². The molecular formula is C12H19N3O. The van der Waals surface area contributed by atoms with Crippen LogP contribution in [0.5, 0.6) is 0 Å². The molecule has 0 spiro atoms. The van der Waals surface area contributed by atoms with E-state index in [9.17, 15) is 4.79 Å². The summed E-state index contributed by atoms with van der Waals surface area (Å²) >= 11 is 0. The topological polar surface area (TPSA) is 68.0 Å². The lowest BCUT2D eigenvalue weighted by Gasteiger charge is -2.11. The molecule has 0 aliphatic carbocycles. The fraction of sp³-hybridized carbons (Fsp3) is 0.500. The Morgan fingerprint density at radius 3 is 3.00 bits per heavy atom. The molecule has 3 N–H and O–H groups in total. The number of carbonyl (C=O) groups excluding carboxylic acids is 1. The van der Waals surface area contributed by atoms with E-state index in [-0.39, 0.29) is 11.9 Å². The first-order valence-electron chi connectivity index (χ1n) is 5.67. The Labute approximate surface area is 96.3 Å². The minimum atomic E-state index is -0.230. The average Bonchev–Trinajstić information content (AvgIpc) is 2.34.